The second kappa shape index (κ2) is 5.47. The Bertz CT molecular complexity index is 531. The zero-order valence-corrected chi connectivity index (χ0v) is 11.6. The third-order valence-electron chi connectivity index (χ3n) is 2.34. The molecule has 0 radical (unpaired) electrons. The van der Waals surface area contributed by atoms with Gasteiger partial charge >= 0.3 is 0 Å². The second-order valence-electron chi connectivity index (χ2n) is 3.50. The van der Waals surface area contributed by atoms with E-state index in [-0.39, 0.29) is 0 Å². The number of nitrogens with zero attached hydrogens (tertiary/aromatic N) is 2. The number of halogens is 2. The maximum atomic E-state index is 6.10. The molecule has 0 aliphatic heterocycles. The van der Waals surface area contributed by atoms with Gasteiger partial charge in [0.15, 0.2) is 0 Å². The molecule has 1 heterocycles. The van der Waals surface area contributed by atoms with E-state index in [9.17, 15) is 0 Å². The van der Waals surface area contributed by atoms with Crippen LogP contribution in [0.15, 0.2) is 34.9 Å². The van der Waals surface area contributed by atoms with Crippen LogP contribution in [0.3, 0.4) is 0 Å². The molecule has 0 aliphatic carbocycles. The summed E-state index contributed by atoms with van der Waals surface area (Å²) in [6.07, 6.45) is 2.37. The molecule has 0 unspecified atom stereocenters. The predicted molar refractivity (Wildman–Crippen MR) is 73.5 cm³/mol. The normalized spacial score (nSPS) is 10.3. The predicted octanol–water partition coefficient (Wildman–Crippen LogP) is 3.53. The van der Waals surface area contributed by atoms with Gasteiger partial charge in [0.2, 0.25) is 0 Å². The molecule has 0 spiro atoms. The molecule has 3 nitrogen and oxygen atoms in total. The van der Waals surface area contributed by atoms with E-state index in [4.69, 9.17) is 11.6 Å². The highest BCUT2D eigenvalue weighted by molar-refractivity contribution is 9.10. The van der Waals surface area contributed by atoms with E-state index in [0.717, 1.165) is 26.7 Å². The van der Waals surface area contributed by atoms with Crippen molar-refractivity contribution in [1.82, 2.24) is 9.97 Å². The van der Waals surface area contributed by atoms with Crippen LogP contribution >= 0.6 is 27.5 Å². The van der Waals surface area contributed by atoms with Crippen molar-refractivity contribution in [3.8, 4) is 0 Å². The van der Waals surface area contributed by atoms with Crippen LogP contribution in [0.25, 0.3) is 0 Å². The molecule has 17 heavy (non-hydrogen) atoms. The molecular formula is C12H11BrClN3. The molecule has 5 heteroatoms. The standard InChI is InChI=1S/C12H11BrClN3/c1-15-12-9(13)7-16-11(17-12)6-8-4-2-3-5-10(8)14/h2-5,7H,6H2,1H3,(H,15,16,17). The maximum Gasteiger partial charge on any atom is 0.143 e. The summed E-state index contributed by atoms with van der Waals surface area (Å²) in [4.78, 5) is 8.67. The Morgan fingerprint density at radius 2 is 2.12 bits per heavy atom. The van der Waals surface area contributed by atoms with Gasteiger partial charge in [-0.25, -0.2) is 9.97 Å². The summed E-state index contributed by atoms with van der Waals surface area (Å²) in [5.41, 5.74) is 1.03. The van der Waals surface area contributed by atoms with Crippen molar-refractivity contribution < 1.29 is 0 Å². The summed E-state index contributed by atoms with van der Waals surface area (Å²) in [5, 5.41) is 3.75. The Hall–Kier alpha value is -1.13. The maximum absolute atomic E-state index is 6.10. The average molecular weight is 313 g/mol. The minimum Gasteiger partial charge on any atom is -0.372 e. The zero-order valence-electron chi connectivity index (χ0n) is 9.24. The highest BCUT2D eigenvalue weighted by atomic mass is 79.9. The fourth-order valence-electron chi connectivity index (χ4n) is 1.48. The summed E-state index contributed by atoms with van der Waals surface area (Å²) >= 11 is 9.48. The minimum atomic E-state index is 0.627. The molecule has 0 aliphatic rings. The van der Waals surface area contributed by atoms with Gasteiger partial charge in [0.05, 0.1) is 4.47 Å². The lowest BCUT2D eigenvalue weighted by molar-refractivity contribution is 0.963. The van der Waals surface area contributed by atoms with Crippen molar-refractivity contribution in [2.45, 2.75) is 6.42 Å². The molecular weight excluding hydrogens is 302 g/mol. The smallest absolute Gasteiger partial charge is 0.143 e. The fourth-order valence-corrected chi connectivity index (χ4v) is 2.07. The zero-order chi connectivity index (χ0) is 12.3. The van der Waals surface area contributed by atoms with Gasteiger partial charge in [-0.15, -0.1) is 0 Å². The topological polar surface area (TPSA) is 37.8 Å². The third-order valence-corrected chi connectivity index (χ3v) is 3.29. The van der Waals surface area contributed by atoms with Crippen LogP contribution in [0, 0.1) is 0 Å². The van der Waals surface area contributed by atoms with Crippen molar-refractivity contribution in [2.75, 3.05) is 12.4 Å². The molecule has 0 bridgehead atoms. The molecule has 0 saturated heterocycles. The number of hydrogen-bond acceptors (Lipinski definition) is 3. The SMILES string of the molecule is CNc1nc(Cc2ccccc2Cl)ncc1Br. The van der Waals surface area contributed by atoms with Crippen LogP contribution in [0.5, 0.6) is 0 Å². The first-order valence-electron chi connectivity index (χ1n) is 5.13. The van der Waals surface area contributed by atoms with E-state index < -0.39 is 0 Å². The number of nitrogens with one attached hydrogen (secondary N) is 1. The van der Waals surface area contributed by atoms with Crippen molar-refractivity contribution in [3.63, 3.8) is 0 Å². The second-order valence-corrected chi connectivity index (χ2v) is 4.76. The highest BCUT2D eigenvalue weighted by Crippen LogP contribution is 2.21. The van der Waals surface area contributed by atoms with Gasteiger partial charge in [0, 0.05) is 24.7 Å². The lowest BCUT2D eigenvalue weighted by atomic mass is 10.1. The Kier molecular flexibility index (Phi) is 3.97. The number of hydrogen-bond donors (Lipinski definition) is 1. The van der Waals surface area contributed by atoms with Gasteiger partial charge < -0.3 is 5.32 Å². The Balaban J connectivity index is 2.28. The van der Waals surface area contributed by atoms with E-state index >= 15 is 0 Å². The monoisotopic (exact) mass is 311 g/mol. The molecule has 1 N–H and O–H groups in total. The van der Waals surface area contributed by atoms with E-state index in [1.807, 2.05) is 31.3 Å². The lowest BCUT2D eigenvalue weighted by Gasteiger charge is -2.06. The van der Waals surface area contributed by atoms with Crippen LogP contribution in [0.2, 0.25) is 5.02 Å². The summed E-state index contributed by atoms with van der Waals surface area (Å²) < 4.78 is 0.850. The van der Waals surface area contributed by atoms with Gasteiger partial charge in [-0.1, -0.05) is 29.8 Å². The largest absolute Gasteiger partial charge is 0.372 e. The third kappa shape index (κ3) is 2.96. The molecule has 2 rings (SSSR count). The average Bonchev–Trinajstić information content (AvgIpc) is 2.34. The van der Waals surface area contributed by atoms with Crippen LogP contribution < -0.4 is 5.32 Å². The Morgan fingerprint density at radius 1 is 1.35 bits per heavy atom. The Morgan fingerprint density at radius 3 is 2.82 bits per heavy atom. The minimum absolute atomic E-state index is 0.627. The molecule has 0 fully saturated rings. The van der Waals surface area contributed by atoms with Crippen molar-refractivity contribution in [1.29, 1.82) is 0 Å². The van der Waals surface area contributed by atoms with Gasteiger partial charge in [-0.2, -0.15) is 0 Å². The van der Waals surface area contributed by atoms with Crippen LogP contribution in [-0.2, 0) is 6.42 Å². The summed E-state index contributed by atoms with van der Waals surface area (Å²) in [6, 6.07) is 7.72. The Labute approximate surface area is 113 Å². The number of aromatic nitrogens is 2. The molecule has 1 aromatic heterocycles. The van der Waals surface area contributed by atoms with E-state index in [2.05, 4.69) is 31.2 Å². The molecule has 0 saturated carbocycles. The summed E-state index contributed by atoms with van der Waals surface area (Å²) in [7, 11) is 1.83. The highest BCUT2D eigenvalue weighted by Gasteiger charge is 2.06. The summed E-state index contributed by atoms with van der Waals surface area (Å²) in [6.45, 7) is 0. The van der Waals surface area contributed by atoms with Crippen LogP contribution in [-0.4, -0.2) is 17.0 Å². The molecule has 2 aromatic rings. The van der Waals surface area contributed by atoms with Crippen LogP contribution in [0.4, 0.5) is 5.82 Å². The van der Waals surface area contributed by atoms with E-state index in [0.29, 0.717) is 6.42 Å². The first-order chi connectivity index (χ1) is 8.20. The van der Waals surface area contributed by atoms with Crippen molar-refractivity contribution in [2.24, 2.45) is 0 Å². The van der Waals surface area contributed by atoms with Gasteiger partial charge in [0.1, 0.15) is 11.6 Å². The lowest BCUT2D eigenvalue weighted by Crippen LogP contribution is -2.01. The first kappa shape index (κ1) is 12.3. The van der Waals surface area contributed by atoms with Crippen molar-refractivity contribution >= 4 is 33.3 Å². The molecule has 88 valence electrons. The number of benzene rings is 1. The van der Waals surface area contributed by atoms with Gasteiger partial charge in [0.25, 0.3) is 0 Å². The fraction of sp³-hybridized carbons (Fsp3) is 0.167. The first-order valence-corrected chi connectivity index (χ1v) is 6.30. The van der Waals surface area contributed by atoms with E-state index in [1.165, 1.54) is 0 Å². The van der Waals surface area contributed by atoms with Gasteiger partial charge in [-0.3, -0.25) is 0 Å². The molecule has 0 atom stereocenters. The summed E-state index contributed by atoms with van der Waals surface area (Å²) in [5.74, 6) is 1.52. The number of anilines is 1. The molecule has 1 aromatic carbocycles. The number of rotatable bonds is 3. The van der Waals surface area contributed by atoms with Crippen molar-refractivity contribution in [3.05, 3.63) is 51.3 Å². The van der Waals surface area contributed by atoms with Gasteiger partial charge in [-0.05, 0) is 27.6 Å². The molecule has 0 amide bonds. The van der Waals surface area contributed by atoms with E-state index in [1.54, 1.807) is 6.20 Å². The quantitative estimate of drug-likeness (QED) is 0.942. The van der Waals surface area contributed by atoms with Crippen LogP contribution in [0.1, 0.15) is 11.4 Å².